The zero-order valence-corrected chi connectivity index (χ0v) is 12.1. The molecule has 1 aromatic heterocycles. The quantitative estimate of drug-likeness (QED) is 0.752. The second-order valence-electron chi connectivity index (χ2n) is 4.85. The summed E-state index contributed by atoms with van der Waals surface area (Å²) >= 11 is 0. The summed E-state index contributed by atoms with van der Waals surface area (Å²) in [6.07, 6.45) is 3.98. The van der Waals surface area contributed by atoms with E-state index in [1.807, 2.05) is 36.7 Å². The molecule has 0 aliphatic rings. The van der Waals surface area contributed by atoms with Crippen LogP contribution in [0.1, 0.15) is 35.0 Å². The molecular weight excluding hydrogens is 250 g/mol. The van der Waals surface area contributed by atoms with Crippen molar-refractivity contribution in [3.05, 3.63) is 59.4 Å². The van der Waals surface area contributed by atoms with Gasteiger partial charge in [-0.1, -0.05) is 30.3 Å². The number of carbonyl (C=O) groups is 1. The fourth-order valence-corrected chi connectivity index (χ4v) is 2.34. The summed E-state index contributed by atoms with van der Waals surface area (Å²) in [6, 6.07) is 12.4. The van der Waals surface area contributed by atoms with Crippen LogP contribution < -0.4 is 0 Å². The van der Waals surface area contributed by atoms with Crippen LogP contribution in [0.3, 0.4) is 0 Å². The fourth-order valence-electron chi connectivity index (χ4n) is 2.34. The topological polar surface area (TPSA) is 31.2 Å². The van der Waals surface area contributed by atoms with Gasteiger partial charge in [-0.15, -0.1) is 0 Å². The maximum absolute atomic E-state index is 11.9. The number of esters is 1. The van der Waals surface area contributed by atoms with Gasteiger partial charge in [-0.05, 0) is 43.9 Å². The van der Waals surface area contributed by atoms with E-state index in [0.717, 1.165) is 24.9 Å². The second kappa shape index (κ2) is 6.94. The molecule has 0 amide bonds. The molecule has 0 radical (unpaired) electrons. The molecule has 0 bridgehead atoms. The minimum Gasteiger partial charge on any atom is -0.461 e. The monoisotopic (exact) mass is 271 g/mol. The predicted octanol–water partition coefficient (Wildman–Crippen LogP) is 3.61. The Morgan fingerprint density at radius 2 is 1.95 bits per heavy atom. The van der Waals surface area contributed by atoms with Crippen molar-refractivity contribution in [3.8, 4) is 0 Å². The second-order valence-corrected chi connectivity index (χ2v) is 4.85. The Morgan fingerprint density at radius 1 is 1.20 bits per heavy atom. The van der Waals surface area contributed by atoms with Crippen molar-refractivity contribution in [3.63, 3.8) is 0 Å². The van der Waals surface area contributed by atoms with Crippen LogP contribution in [0.5, 0.6) is 0 Å². The third-order valence-electron chi connectivity index (χ3n) is 3.34. The van der Waals surface area contributed by atoms with E-state index in [4.69, 9.17) is 4.74 Å². The van der Waals surface area contributed by atoms with Crippen LogP contribution in [0.4, 0.5) is 0 Å². The highest BCUT2D eigenvalue weighted by molar-refractivity contribution is 5.89. The molecule has 0 saturated heterocycles. The standard InChI is InChI=1S/C17H21NO2/c1-3-20-17(19)16-14(2)11-13-18(16)12-7-10-15-8-5-4-6-9-15/h4-6,8-9,11,13H,3,7,10,12H2,1-2H3. The number of rotatable bonds is 6. The van der Waals surface area contributed by atoms with Crippen molar-refractivity contribution in [2.45, 2.75) is 33.2 Å². The number of hydrogen-bond acceptors (Lipinski definition) is 2. The minimum atomic E-state index is -0.227. The molecular formula is C17H21NO2. The van der Waals surface area contributed by atoms with Crippen LogP contribution in [-0.4, -0.2) is 17.1 Å². The summed E-state index contributed by atoms with van der Waals surface area (Å²) in [6.45, 7) is 5.01. The smallest absolute Gasteiger partial charge is 0.355 e. The Balaban J connectivity index is 1.98. The number of hydrogen-bond donors (Lipinski definition) is 0. The summed E-state index contributed by atoms with van der Waals surface area (Å²) in [5, 5.41) is 0. The zero-order valence-electron chi connectivity index (χ0n) is 12.1. The number of benzene rings is 1. The molecule has 0 atom stereocenters. The Hall–Kier alpha value is -2.03. The van der Waals surface area contributed by atoms with E-state index in [-0.39, 0.29) is 5.97 Å². The van der Waals surface area contributed by atoms with E-state index in [0.29, 0.717) is 12.3 Å². The molecule has 3 heteroatoms. The van der Waals surface area contributed by atoms with Gasteiger partial charge in [0.25, 0.3) is 0 Å². The van der Waals surface area contributed by atoms with Crippen molar-refractivity contribution in [2.24, 2.45) is 0 Å². The molecule has 1 heterocycles. The van der Waals surface area contributed by atoms with Gasteiger partial charge in [0.15, 0.2) is 0 Å². The molecule has 0 spiro atoms. The Kier molecular flexibility index (Phi) is 4.99. The molecule has 0 saturated carbocycles. The lowest BCUT2D eigenvalue weighted by atomic mass is 10.1. The van der Waals surface area contributed by atoms with E-state index < -0.39 is 0 Å². The summed E-state index contributed by atoms with van der Waals surface area (Å²) in [5.74, 6) is -0.227. The lowest BCUT2D eigenvalue weighted by Crippen LogP contribution is -2.13. The van der Waals surface area contributed by atoms with Crippen LogP contribution in [0.25, 0.3) is 0 Å². The summed E-state index contributed by atoms with van der Waals surface area (Å²) in [7, 11) is 0. The molecule has 0 aliphatic heterocycles. The molecule has 0 unspecified atom stereocenters. The number of aryl methyl sites for hydroxylation is 3. The van der Waals surface area contributed by atoms with E-state index in [2.05, 4.69) is 24.3 Å². The van der Waals surface area contributed by atoms with Gasteiger partial charge in [0.2, 0.25) is 0 Å². The normalized spacial score (nSPS) is 10.5. The first kappa shape index (κ1) is 14.4. The molecule has 3 nitrogen and oxygen atoms in total. The molecule has 2 rings (SSSR count). The first-order chi connectivity index (χ1) is 9.72. The predicted molar refractivity (Wildman–Crippen MR) is 79.9 cm³/mol. The van der Waals surface area contributed by atoms with Crippen molar-refractivity contribution >= 4 is 5.97 Å². The van der Waals surface area contributed by atoms with Gasteiger partial charge in [0, 0.05) is 12.7 Å². The van der Waals surface area contributed by atoms with Gasteiger partial charge in [0.1, 0.15) is 5.69 Å². The van der Waals surface area contributed by atoms with Crippen LogP contribution in [-0.2, 0) is 17.7 Å². The highest BCUT2D eigenvalue weighted by atomic mass is 16.5. The van der Waals surface area contributed by atoms with E-state index in [9.17, 15) is 4.79 Å². The zero-order chi connectivity index (χ0) is 14.4. The molecule has 20 heavy (non-hydrogen) atoms. The highest BCUT2D eigenvalue weighted by Crippen LogP contribution is 2.13. The van der Waals surface area contributed by atoms with Crippen molar-refractivity contribution in [1.29, 1.82) is 0 Å². The van der Waals surface area contributed by atoms with Gasteiger partial charge >= 0.3 is 5.97 Å². The fraction of sp³-hybridized carbons (Fsp3) is 0.353. The lowest BCUT2D eigenvalue weighted by Gasteiger charge is -2.09. The van der Waals surface area contributed by atoms with Crippen LogP contribution in [0.2, 0.25) is 0 Å². The van der Waals surface area contributed by atoms with Crippen molar-refractivity contribution < 1.29 is 9.53 Å². The maximum Gasteiger partial charge on any atom is 0.355 e. The third kappa shape index (κ3) is 3.50. The average molecular weight is 271 g/mol. The molecule has 1 aromatic carbocycles. The van der Waals surface area contributed by atoms with Gasteiger partial charge < -0.3 is 9.30 Å². The number of nitrogens with zero attached hydrogens (tertiary/aromatic N) is 1. The largest absolute Gasteiger partial charge is 0.461 e. The average Bonchev–Trinajstić information content (AvgIpc) is 2.81. The van der Waals surface area contributed by atoms with E-state index in [1.54, 1.807) is 0 Å². The molecule has 0 N–H and O–H groups in total. The first-order valence-electron chi connectivity index (χ1n) is 7.09. The maximum atomic E-state index is 11.9. The Bertz CT molecular complexity index is 558. The van der Waals surface area contributed by atoms with Crippen molar-refractivity contribution in [1.82, 2.24) is 4.57 Å². The lowest BCUT2D eigenvalue weighted by molar-refractivity contribution is 0.0512. The number of carbonyl (C=O) groups excluding carboxylic acids is 1. The van der Waals surface area contributed by atoms with Crippen LogP contribution in [0, 0.1) is 6.92 Å². The number of aromatic nitrogens is 1. The highest BCUT2D eigenvalue weighted by Gasteiger charge is 2.15. The summed E-state index contributed by atoms with van der Waals surface area (Å²) in [5.41, 5.74) is 2.98. The van der Waals surface area contributed by atoms with Crippen molar-refractivity contribution in [2.75, 3.05) is 6.61 Å². The molecule has 0 aliphatic carbocycles. The molecule has 2 aromatic rings. The Morgan fingerprint density at radius 3 is 2.65 bits per heavy atom. The van der Waals surface area contributed by atoms with Gasteiger partial charge in [0.05, 0.1) is 6.61 Å². The Labute approximate surface area is 120 Å². The summed E-state index contributed by atoms with van der Waals surface area (Å²) in [4.78, 5) is 11.9. The summed E-state index contributed by atoms with van der Waals surface area (Å²) < 4.78 is 7.11. The van der Waals surface area contributed by atoms with Crippen LogP contribution >= 0.6 is 0 Å². The molecule has 106 valence electrons. The van der Waals surface area contributed by atoms with E-state index >= 15 is 0 Å². The van der Waals surface area contributed by atoms with Crippen LogP contribution in [0.15, 0.2) is 42.6 Å². The van der Waals surface area contributed by atoms with E-state index in [1.165, 1.54) is 5.56 Å². The minimum absolute atomic E-state index is 0.227. The SMILES string of the molecule is CCOC(=O)c1c(C)ccn1CCCc1ccccc1. The van der Waals surface area contributed by atoms with Gasteiger partial charge in [-0.25, -0.2) is 4.79 Å². The first-order valence-corrected chi connectivity index (χ1v) is 7.09. The van der Waals surface area contributed by atoms with Gasteiger partial charge in [-0.3, -0.25) is 0 Å². The third-order valence-corrected chi connectivity index (χ3v) is 3.34. The number of ether oxygens (including phenoxy) is 1. The van der Waals surface area contributed by atoms with Gasteiger partial charge in [-0.2, -0.15) is 0 Å². The molecule has 0 fully saturated rings.